The summed E-state index contributed by atoms with van der Waals surface area (Å²) in [5.74, 6) is 0.780. The van der Waals surface area contributed by atoms with Crippen molar-refractivity contribution >= 4 is 0 Å². The average molecular weight is 129 g/mol. The molecule has 0 fully saturated rings. The molecule has 9 heavy (non-hydrogen) atoms. The topological polar surface area (TPSA) is 9.23 Å². The number of methoxy groups -OCH3 is 1. The van der Waals surface area contributed by atoms with Gasteiger partial charge in [0.2, 0.25) is 0 Å². The Labute approximate surface area is 58.4 Å². The smallest absolute Gasteiger partial charge is 0.0464 e. The third-order valence-corrected chi connectivity index (χ3v) is 1.51. The molecular weight excluding hydrogens is 112 g/mol. The summed E-state index contributed by atoms with van der Waals surface area (Å²) in [6.45, 7) is 6.92. The highest BCUT2D eigenvalue weighted by Crippen LogP contribution is 2.08. The molecule has 0 aliphatic heterocycles. The Morgan fingerprint density at radius 2 is 2.11 bits per heavy atom. The zero-order valence-corrected chi connectivity index (χ0v) is 6.52. The first kappa shape index (κ1) is 8.96. The van der Waals surface area contributed by atoms with E-state index in [1.54, 1.807) is 7.11 Å². The van der Waals surface area contributed by atoms with E-state index < -0.39 is 0 Å². The van der Waals surface area contributed by atoms with Gasteiger partial charge in [-0.2, -0.15) is 0 Å². The standard InChI is InChI=1S/C8H17O/c1-4-5-8(2)6-7-9-3/h8H,1,4-7H2,2-3H3. The molecule has 0 aliphatic carbocycles. The Morgan fingerprint density at radius 1 is 1.44 bits per heavy atom. The maximum Gasteiger partial charge on any atom is 0.0464 e. The fourth-order valence-corrected chi connectivity index (χ4v) is 0.812. The van der Waals surface area contributed by atoms with Crippen LogP contribution in [-0.4, -0.2) is 13.7 Å². The third kappa shape index (κ3) is 5.84. The first-order valence-electron chi connectivity index (χ1n) is 3.59. The molecule has 0 heterocycles. The van der Waals surface area contributed by atoms with Gasteiger partial charge in [-0.15, -0.1) is 0 Å². The van der Waals surface area contributed by atoms with Crippen LogP contribution >= 0.6 is 0 Å². The molecule has 0 N–H and O–H groups in total. The molecule has 0 amide bonds. The van der Waals surface area contributed by atoms with Crippen molar-refractivity contribution < 1.29 is 4.74 Å². The third-order valence-electron chi connectivity index (χ3n) is 1.51. The van der Waals surface area contributed by atoms with Crippen LogP contribution in [0.1, 0.15) is 26.2 Å². The van der Waals surface area contributed by atoms with Gasteiger partial charge in [-0.05, 0) is 12.3 Å². The molecule has 0 aliphatic rings. The van der Waals surface area contributed by atoms with Crippen LogP contribution in [0.25, 0.3) is 0 Å². The first-order chi connectivity index (χ1) is 4.31. The minimum atomic E-state index is 0.780. The largest absolute Gasteiger partial charge is 0.385 e. The zero-order valence-electron chi connectivity index (χ0n) is 6.52. The number of hydrogen-bond acceptors (Lipinski definition) is 1. The van der Waals surface area contributed by atoms with E-state index in [-0.39, 0.29) is 0 Å². The van der Waals surface area contributed by atoms with E-state index in [9.17, 15) is 0 Å². The van der Waals surface area contributed by atoms with Crippen LogP contribution in [-0.2, 0) is 4.74 Å². The Morgan fingerprint density at radius 3 is 2.56 bits per heavy atom. The summed E-state index contributed by atoms with van der Waals surface area (Å²) in [6, 6.07) is 0. The van der Waals surface area contributed by atoms with Crippen molar-refractivity contribution in [2.75, 3.05) is 13.7 Å². The molecule has 1 unspecified atom stereocenters. The van der Waals surface area contributed by atoms with E-state index in [2.05, 4.69) is 13.8 Å². The molecule has 55 valence electrons. The molecule has 1 atom stereocenters. The van der Waals surface area contributed by atoms with Gasteiger partial charge in [-0.25, -0.2) is 0 Å². The van der Waals surface area contributed by atoms with E-state index >= 15 is 0 Å². The molecule has 1 heteroatoms. The minimum Gasteiger partial charge on any atom is -0.385 e. The van der Waals surface area contributed by atoms with Gasteiger partial charge < -0.3 is 4.74 Å². The summed E-state index contributed by atoms with van der Waals surface area (Å²) in [4.78, 5) is 0. The predicted octanol–water partition coefficient (Wildman–Crippen LogP) is 2.27. The Hall–Kier alpha value is -0.0400. The number of hydrogen-bond donors (Lipinski definition) is 0. The molecule has 0 aromatic rings. The molecule has 0 saturated carbocycles. The summed E-state index contributed by atoms with van der Waals surface area (Å²) in [6.07, 6.45) is 3.44. The molecular formula is C8H17O. The van der Waals surface area contributed by atoms with Crippen LogP contribution < -0.4 is 0 Å². The van der Waals surface area contributed by atoms with Crippen molar-refractivity contribution in [3.63, 3.8) is 0 Å². The van der Waals surface area contributed by atoms with Crippen molar-refractivity contribution in [3.8, 4) is 0 Å². The molecule has 0 spiro atoms. The highest BCUT2D eigenvalue weighted by Gasteiger charge is 1.97. The zero-order chi connectivity index (χ0) is 7.11. The second-order valence-electron chi connectivity index (χ2n) is 2.53. The van der Waals surface area contributed by atoms with E-state index in [4.69, 9.17) is 4.74 Å². The lowest BCUT2D eigenvalue weighted by molar-refractivity contribution is 0.178. The van der Waals surface area contributed by atoms with Crippen LogP contribution in [0.3, 0.4) is 0 Å². The quantitative estimate of drug-likeness (QED) is 0.553. The predicted molar refractivity (Wildman–Crippen MR) is 40.2 cm³/mol. The summed E-state index contributed by atoms with van der Waals surface area (Å²) in [5, 5.41) is 0. The van der Waals surface area contributed by atoms with Crippen molar-refractivity contribution in [3.05, 3.63) is 6.92 Å². The normalized spacial score (nSPS) is 13.7. The van der Waals surface area contributed by atoms with Crippen molar-refractivity contribution in [1.82, 2.24) is 0 Å². The highest BCUT2D eigenvalue weighted by molar-refractivity contribution is 4.52. The van der Waals surface area contributed by atoms with Crippen LogP contribution in [0.15, 0.2) is 0 Å². The van der Waals surface area contributed by atoms with E-state index in [1.165, 1.54) is 12.8 Å². The fraction of sp³-hybridized carbons (Fsp3) is 0.875. The molecule has 1 radical (unpaired) electrons. The van der Waals surface area contributed by atoms with Gasteiger partial charge >= 0.3 is 0 Å². The molecule has 0 rings (SSSR count). The Kier molecular flexibility index (Phi) is 6.06. The van der Waals surface area contributed by atoms with Crippen LogP contribution in [0.4, 0.5) is 0 Å². The van der Waals surface area contributed by atoms with Gasteiger partial charge in [0.05, 0.1) is 0 Å². The molecule has 0 aromatic heterocycles. The fourth-order valence-electron chi connectivity index (χ4n) is 0.812. The lowest BCUT2D eigenvalue weighted by Crippen LogP contribution is -1.98. The summed E-state index contributed by atoms with van der Waals surface area (Å²) < 4.78 is 4.94. The monoisotopic (exact) mass is 129 g/mol. The second kappa shape index (κ2) is 6.09. The first-order valence-corrected chi connectivity index (χ1v) is 3.59. The van der Waals surface area contributed by atoms with Crippen molar-refractivity contribution in [2.45, 2.75) is 26.2 Å². The molecule has 1 nitrogen and oxygen atoms in total. The van der Waals surface area contributed by atoms with E-state index in [0.29, 0.717) is 0 Å². The highest BCUT2D eigenvalue weighted by atomic mass is 16.5. The Bertz CT molecular complexity index is 52.5. The van der Waals surface area contributed by atoms with Gasteiger partial charge in [0.25, 0.3) is 0 Å². The van der Waals surface area contributed by atoms with E-state index in [0.717, 1.165) is 18.9 Å². The molecule has 0 aromatic carbocycles. The summed E-state index contributed by atoms with van der Waals surface area (Å²) in [5.41, 5.74) is 0. The van der Waals surface area contributed by atoms with Crippen LogP contribution in [0.5, 0.6) is 0 Å². The van der Waals surface area contributed by atoms with Gasteiger partial charge in [0.1, 0.15) is 0 Å². The van der Waals surface area contributed by atoms with Gasteiger partial charge in [0, 0.05) is 13.7 Å². The van der Waals surface area contributed by atoms with Crippen LogP contribution in [0.2, 0.25) is 0 Å². The second-order valence-corrected chi connectivity index (χ2v) is 2.53. The van der Waals surface area contributed by atoms with Gasteiger partial charge in [-0.3, -0.25) is 0 Å². The lowest BCUT2D eigenvalue weighted by atomic mass is 10.0. The maximum absolute atomic E-state index is 4.94. The maximum atomic E-state index is 4.94. The Balaban J connectivity index is 2.95. The molecule has 0 saturated heterocycles. The molecule has 0 bridgehead atoms. The lowest BCUT2D eigenvalue weighted by Gasteiger charge is -2.07. The van der Waals surface area contributed by atoms with Gasteiger partial charge in [0.15, 0.2) is 0 Å². The summed E-state index contributed by atoms with van der Waals surface area (Å²) >= 11 is 0. The van der Waals surface area contributed by atoms with E-state index in [1.807, 2.05) is 0 Å². The number of rotatable bonds is 5. The summed E-state index contributed by atoms with van der Waals surface area (Å²) in [7, 11) is 1.75. The SMILES string of the molecule is [CH2]CCC(C)CCOC. The average Bonchev–Trinajstić information content (AvgIpc) is 1.85. The van der Waals surface area contributed by atoms with Gasteiger partial charge in [-0.1, -0.05) is 26.7 Å². The van der Waals surface area contributed by atoms with Crippen molar-refractivity contribution in [1.29, 1.82) is 0 Å². The number of ether oxygens (including phenoxy) is 1. The van der Waals surface area contributed by atoms with Crippen LogP contribution in [0, 0.1) is 12.8 Å². The van der Waals surface area contributed by atoms with Crippen molar-refractivity contribution in [2.24, 2.45) is 5.92 Å². The minimum absolute atomic E-state index is 0.780.